The molecule has 27 heavy (non-hydrogen) atoms. The van der Waals surface area contributed by atoms with Crippen LogP contribution in [0, 0.1) is 6.92 Å². The fourth-order valence-corrected chi connectivity index (χ4v) is 3.53. The van der Waals surface area contributed by atoms with Crippen molar-refractivity contribution in [2.75, 3.05) is 5.32 Å². The van der Waals surface area contributed by atoms with Crippen molar-refractivity contribution in [3.63, 3.8) is 0 Å². The molecule has 0 saturated heterocycles. The number of carbonyl (C=O) groups is 1. The summed E-state index contributed by atoms with van der Waals surface area (Å²) in [4.78, 5) is 17.2. The highest BCUT2D eigenvalue weighted by Gasteiger charge is 2.34. The fraction of sp³-hybridized carbons (Fsp3) is 0.158. The van der Waals surface area contributed by atoms with Crippen LogP contribution in [0.2, 0.25) is 5.02 Å². The number of alkyl halides is 3. The van der Waals surface area contributed by atoms with Crippen LogP contribution in [-0.2, 0) is 12.6 Å². The van der Waals surface area contributed by atoms with Crippen LogP contribution in [0.1, 0.15) is 31.9 Å². The van der Waals surface area contributed by atoms with Crippen LogP contribution in [0.15, 0.2) is 48.7 Å². The Morgan fingerprint density at radius 3 is 2.67 bits per heavy atom. The minimum Gasteiger partial charge on any atom is -0.298 e. The largest absolute Gasteiger partial charge is 0.417 e. The van der Waals surface area contributed by atoms with E-state index in [1.165, 1.54) is 23.5 Å². The van der Waals surface area contributed by atoms with Gasteiger partial charge in [0, 0.05) is 22.5 Å². The molecule has 3 aromatic rings. The van der Waals surface area contributed by atoms with Crippen molar-refractivity contribution in [1.29, 1.82) is 0 Å². The lowest BCUT2D eigenvalue weighted by molar-refractivity contribution is -0.137. The molecule has 0 saturated carbocycles. The molecule has 1 amide bonds. The van der Waals surface area contributed by atoms with E-state index < -0.39 is 23.2 Å². The normalized spacial score (nSPS) is 11.4. The Hall–Kier alpha value is -2.38. The maximum absolute atomic E-state index is 13.1. The van der Waals surface area contributed by atoms with Crippen LogP contribution < -0.4 is 5.32 Å². The van der Waals surface area contributed by atoms with E-state index in [9.17, 15) is 18.0 Å². The lowest BCUT2D eigenvalue weighted by Gasteiger charge is -2.11. The van der Waals surface area contributed by atoms with Crippen LogP contribution in [-0.4, -0.2) is 10.9 Å². The second kappa shape index (κ2) is 7.70. The predicted molar refractivity (Wildman–Crippen MR) is 101 cm³/mol. The lowest BCUT2D eigenvalue weighted by Crippen LogP contribution is -2.18. The molecular formula is C19H14ClF3N2OS. The molecule has 1 aromatic heterocycles. The Morgan fingerprint density at radius 1 is 1.22 bits per heavy atom. The van der Waals surface area contributed by atoms with Crippen LogP contribution >= 0.6 is 22.9 Å². The van der Waals surface area contributed by atoms with Gasteiger partial charge in [0.2, 0.25) is 0 Å². The number of benzene rings is 2. The zero-order chi connectivity index (χ0) is 19.6. The fourth-order valence-electron chi connectivity index (χ4n) is 2.49. The summed E-state index contributed by atoms with van der Waals surface area (Å²) in [6.45, 7) is 1.91. The van der Waals surface area contributed by atoms with Crippen molar-refractivity contribution in [2.24, 2.45) is 0 Å². The number of aromatic nitrogens is 1. The number of hydrogen-bond acceptors (Lipinski definition) is 3. The average molecular weight is 411 g/mol. The summed E-state index contributed by atoms with van der Waals surface area (Å²) in [5, 5.41) is 3.34. The van der Waals surface area contributed by atoms with Crippen molar-refractivity contribution in [1.82, 2.24) is 4.98 Å². The van der Waals surface area contributed by atoms with Crippen LogP contribution in [0.25, 0.3) is 0 Å². The van der Waals surface area contributed by atoms with Crippen molar-refractivity contribution < 1.29 is 18.0 Å². The van der Waals surface area contributed by atoms with E-state index in [4.69, 9.17) is 11.6 Å². The first kappa shape index (κ1) is 19.4. The molecule has 0 unspecified atom stereocenters. The highest BCUT2D eigenvalue weighted by Crippen LogP contribution is 2.32. The molecule has 0 radical (unpaired) electrons. The molecule has 0 aliphatic heterocycles. The Balaban J connectivity index is 1.74. The number of nitrogens with one attached hydrogen (secondary N) is 1. The molecule has 3 nitrogen and oxygen atoms in total. The van der Waals surface area contributed by atoms with Crippen LogP contribution in [0.3, 0.4) is 0 Å². The third-order valence-corrected chi connectivity index (χ3v) is 5.19. The molecule has 0 fully saturated rings. The third-order valence-electron chi connectivity index (χ3n) is 3.87. The van der Waals surface area contributed by atoms with E-state index in [0.717, 1.165) is 28.1 Å². The summed E-state index contributed by atoms with van der Waals surface area (Å²) in [5.41, 5.74) is 0.538. The maximum Gasteiger partial charge on any atom is 0.417 e. The molecule has 8 heteroatoms. The van der Waals surface area contributed by atoms with Crippen LogP contribution in [0.5, 0.6) is 0 Å². The van der Waals surface area contributed by atoms with Gasteiger partial charge in [0.05, 0.1) is 11.1 Å². The van der Waals surface area contributed by atoms with E-state index >= 15 is 0 Å². The zero-order valence-corrected chi connectivity index (χ0v) is 15.7. The summed E-state index contributed by atoms with van der Waals surface area (Å²) in [6.07, 6.45) is -2.46. The summed E-state index contributed by atoms with van der Waals surface area (Å²) < 4.78 is 39.2. The number of rotatable bonds is 4. The summed E-state index contributed by atoms with van der Waals surface area (Å²) >= 11 is 7.32. The van der Waals surface area contributed by atoms with Crippen molar-refractivity contribution in [3.8, 4) is 0 Å². The summed E-state index contributed by atoms with van der Waals surface area (Å²) in [7, 11) is 0. The monoisotopic (exact) mass is 410 g/mol. The van der Waals surface area contributed by atoms with Gasteiger partial charge in [-0.15, -0.1) is 11.3 Å². The van der Waals surface area contributed by atoms with Gasteiger partial charge in [-0.25, -0.2) is 4.98 Å². The Morgan fingerprint density at radius 2 is 1.96 bits per heavy atom. The van der Waals surface area contributed by atoms with Crippen LogP contribution in [0.4, 0.5) is 18.3 Å². The molecule has 0 aliphatic carbocycles. The number of carbonyl (C=O) groups excluding carboxylic acids is 1. The third kappa shape index (κ3) is 4.67. The molecule has 1 heterocycles. The predicted octanol–water partition coefficient (Wildman–Crippen LogP) is 5.97. The van der Waals surface area contributed by atoms with Gasteiger partial charge in [-0.05, 0) is 36.2 Å². The zero-order valence-electron chi connectivity index (χ0n) is 14.1. The van der Waals surface area contributed by atoms with Crippen molar-refractivity contribution in [2.45, 2.75) is 19.5 Å². The number of thiazole rings is 1. The Labute approximate surface area is 162 Å². The molecule has 3 rings (SSSR count). The van der Waals surface area contributed by atoms with E-state index in [2.05, 4.69) is 10.3 Å². The second-order valence-electron chi connectivity index (χ2n) is 5.89. The topological polar surface area (TPSA) is 42.0 Å². The van der Waals surface area contributed by atoms with Crippen molar-refractivity contribution in [3.05, 3.63) is 80.8 Å². The van der Waals surface area contributed by atoms with E-state index in [1.807, 2.05) is 25.1 Å². The van der Waals surface area contributed by atoms with Gasteiger partial charge in [0.1, 0.15) is 0 Å². The smallest absolute Gasteiger partial charge is 0.298 e. The molecule has 0 bridgehead atoms. The molecule has 0 atom stereocenters. The molecule has 140 valence electrons. The highest BCUT2D eigenvalue weighted by molar-refractivity contribution is 7.15. The van der Waals surface area contributed by atoms with Gasteiger partial charge in [-0.1, -0.05) is 35.9 Å². The Bertz CT molecular complexity index is 985. The number of nitrogens with zero attached hydrogens (tertiary/aromatic N) is 1. The molecule has 0 spiro atoms. The number of amides is 1. The second-order valence-corrected chi connectivity index (χ2v) is 7.41. The Kier molecular flexibility index (Phi) is 5.53. The summed E-state index contributed by atoms with van der Waals surface area (Å²) in [6, 6.07) is 10.4. The van der Waals surface area contributed by atoms with Gasteiger partial charge >= 0.3 is 6.18 Å². The maximum atomic E-state index is 13.1. The van der Waals surface area contributed by atoms with Gasteiger partial charge in [0.25, 0.3) is 5.91 Å². The van der Waals surface area contributed by atoms with E-state index in [1.54, 1.807) is 6.20 Å². The first-order valence-electron chi connectivity index (χ1n) is 7.91. The van der Waals surface area contributed by atoms with Gasteiger partial charge in [0.15, 0.2) is 5.13 Å². The molecule has 2 aromatic carbocycles. The summed E-state index contributed by atoms with van der Waals surface area (Å²) in [5.74, 6) is -0.845. The van der Waals surface area contributed by atoms with Gasteiger partial charge in [-0.3, -0.25) is 10.1 Å². The van der Waals surface area contributed by atoms with Crippen molar-refractivity contribution >= 4 is 34.0 Å². The average Bonchev–Trinajstić information content (AvgIpc) is 3.04. The van der Waals surface area contributed by atoms with E-state index in [-0.39, 0.29) is 5.13 Å². The first-order valence-corrected chi connectivity index (χ1v) is 9.11. The number of halogens is 4. The molecule has 1 N–H and O–H groups in total. The van der Waals surface area contributed by atoms with Gasteiger partial charge in [-0.2, -0.15) is 13.2 Å². The quantitative estimate of drug-likeness (QED) is 0.576. The minimum absolute atomic E-state index is 0.241. The number of aryl methyl sites for hydroxylation is 1. The standard InChI is InChI=1S/C19H14ClF3N2OS/c1-11-6-7-12(9-16(11)20)8-13-10-24-18(27-13)25-17(26)14-4-2-3-5-15(14)19(21,22)23/h2-7,9-10H,8H2,1H3,(H,24,25,26). The minimum atomic E-state index is -4.60. The van der Waals surface area contributed by atoms with Gasteiger partial charge < -0.3 is 0 Å². The molecule has 0 aliphatic rings. The first-order chi connectivity index (χ1) is 12.7. The number of anilines is 1. The molecular weight excluding hydrogens is 397 g/mol. The lowest BCUT2D eigenvalue weighted by atomic mass is 10.1. The highest BCUT2D eigenvalue weighted by atomic mass is 35.5. The van der Waals surface area contributed by atoms with E-state index in [0.29, 0.717) is 11.4 Å². The SMILES string of the molecule is Cc1ccc(Cc2cnc(NC(=O)c3ccccc3C(F)(F)F)s2)cc1Cl. The number of hydrogen-bond donors (Lipinski definition) is 1.